The molecule has 0 aromatic heterocycles. The van der Waals surface area contributed by atoms with Crippen LogP contribution in [-0.2, 0) is 26.0 Å². The molecule has 1 unspecified atom stereocenters. The first kappa shape index (κ1) is 21.8. The summed E-state index contributed by atoms with van der Waals surface area (Å²) in [4.78, 5) is 24.8. The standard InChI is InChI=1S/C22H26N2O5S/c1-15(2)13-19(22(26)29-3)23-21(25)17-8-6-9-18(14-17)30(27,28)24-12-11-16-7-4-5-10-20(16)24/h4-10,14-15,19H,11-13H2,1-3H3,(H,23,25). The van der Waals surface area contributed by atoms with Gasteiger partial charge in [-0.2, -0.15) is 0 Å². The minimum atomic E-state index is -3.81. The van der Waals surface area contributed by atoms with Gasteiger partial charge in [0.25, 0.3) is 15.9 Å². The number of carbonyl (C=O) groups excluding carboxylic acids is 2. The Morgan fingerprint density at radius 2 is 1.87 bits per heavy atom. The highest BCUT2D eigenvalue weighted by Gasteiger charge is 2.31. The van der Waals surface area contributed by atoms with Crippen molar-refractivity contribution in [2.75, 3.05) is 18.0 Å². The number of sulfonamides is 1. The summed E-state index contributed by atoms with van der Waals surface area (Å²) in [6, 6.07) is 12.4. The molecule has 1 heterocycles. The van der Waals surface area contributed by atoms with Crippen molar-refractivity contribution in [3.63, 3.8) is 0 Å². The number of rotatable bonds is 7. The summed E-state index contributed by atoms with van der Waals surface area (Å²) < 4.78 is 32.6. The molecule has 0 fully saturated rings. The molecule has 1 atom stereocenters. The van der Waals surface area contributed by atoms with Crippen LogP contribution in [0.25, 0.3) is 0 Å². The topological polar surface area (TPSA) is 92.8 Å². The zero-order valence-corrected chi connectivity index (χ0v) is 18.1. The Hall–Kier alpha value is -2.87. The van der Waals surface area contributed by atoms with Crippen LogP contribution in [0.2, 0.25) is 0 Å². The monoisotopic (exact) mass is 430 g/mol. The van der Waals surface area contributed by atoms with Gasteiger partial charge in [-0.05, 0) is 48.6 Å². The highest BCUT2D eigenvalue weighted by Crippen LogP contribution is 2.32. The smallest absolute Gasteiger partial charge is 0.328 e. The zero-order chi connectivity index (χ0) is 21.9. The van der Waals surface area contributed by atoms with Gasteiger partial charge < -0.3 is 10.1 Å². The van der Waals surface area contributed by atoms with E-state index in [0.717, 1.165) is 5.56 Å². The molecule has 2 aromatic rings. The second-order valence-electron chi connectivity index (χ2n) is 7.66. The molecular formula is C22H26N2O5S. The molecule has 8 heteroatoms. The first-order chi connectivity index (χ1) is 14.2. The number of ether oxygens (including phenoxy) is 1. The fourth-order valence-electron chi connectivity index (χ4n) is 3.55. The Labute approximate surface area is 177 Å². The van der Waals surface area contributed by atoms with E-state index in [1.54, 1.807) is 12.1 Å². The molecule has 1 amide bonds. The first-order valence-electron chi connectivity index (χ1n) is 9.83. The fraction of sp³-hybridized carbons (Fsp3) is 0.364. The van der Waals surface area contributed by atoms with Gasteiger partial charge in [-0.15, -0.1) is 0 Å². The molecule has 7 nitrogen and oxygen atoms in total. The third-order valence-corrected chi connectivity index (χ3v) is 6.84. The van der Waals surface area contributed by atoms with Crippen LogP contribution in [0, 0.1) is 5.92 Å². The number of hydrogen-bond donors (Lipinski definition) is 1. The van der Waals surface area contributed by atoms with E-state index in [1.807, 2.05) is 26.0 Å². The van der Waals surface area contributed by atoms with E-state index in [0.29, 0.717) is 25.1 Å². The zero-order valence-electron chi connectivity index (χ0n) is 17.3. The number of para-hydroxylation sites is 1. The summed E-state index contributed by atoms with van der Waals surface area (Å²) in [6.07, 6.45) is 1.06. The predicted molar refractivity (Wildman–Crippen MR) is 114 cm³/mol. The lowest BCUT2D eigenvalue weighted by Gasteiger charge is -2.20. The summed E-state index contributed by atoms with van der Waals surface area (Å²) in [7, 11) is -2.55. The van der Waals surface area contributed by atoms with Crippen molar-refractivity contribution in [1.82, 2.24) is 5.32 Å². The highest BCUT2D eigenvalue weighted by atomic mass is 32.2. The van der Waals surface area contributed by atoms with Gasteiger partial charge in [0.15, 0.2) is 0 Å². The van der Waals surface area contributed by atoms with Crippen molar-refractivity contribution in [2.24, 2.45) is 5.92 Å². The first-order valence-corrected chi connectivity index (χ1v) is 11.3. The number of nitrogens with one attached hydrogen (secondary N) is 1. The minimum Gasteiger partial charge on any atom is -0.467 e. The van der Waals surface area contributed by atoms with Gasteiger partial charge in [0.05, 0.1) is 17.7 Å². The van der Waals surface area contributed by atoms with Gasteiger partial charge in [0.2, 0.25) is 0 Å². The van der Waals surface area contributed by atoms with E-state index >= 15 is 0 Å². The summed E-state index contributed by atoms with van der Waals surface area (Å²) in [5, 5.41) is 2.66. The number of esters is 1. The van der Waals surface area contributed by atoms with Crippen molar-refractivity contribution in [3.8, 4) is 0 Å². The lowest BCUT2D eigenvalue weighted by Crippen LogP contribution is -2.42. The van der Waals surface area contributed by atoms with Crippen molar-refractivity contribution in [1.29, 1.82) is 0 Å². The van der Waals surface area contributed by atoms with Crippen LogP contribution >= 0.6 is 0 Å². The van der Waals surface area contributed by atoms with E-state index in [9.17, 15) is 18.0 Å². The van der Waals surface area contributed by atoms with E-state index in [4.69, 9.17) is 4.74 Å². The molecule has 0 aliphatic carbocycles. The number of carbonyl (C=O) groups is 2. The molecule has 30 heavy (non-hydrogen) atoms. The molecule has 3 rings (SSSR count). The largest absolute Gasteiger partial charge is 0.467 e. The SMILES string of the molecule is COC(=O)C(CC(C)C)NC(=O)c1cccc(S(=O)(=O)N2CCc3ccccc32)c1. The Morgan fingerprint density at radius 1 is 1.13 bits per heavy atom. The average Bonchev–Trinajstić information content (AvgIpc) is 3.17. The second kappa shape index (κ2) is 8.87. The quantitative estimate of drug-likeness (QED) is 0.682. The molecule has 1 aliphatic rings. The van der Waals surface area contributed by atoms with Crippen LogP contribution in [0.15, 0.2) is 53.4 Å². The molecule has 0 spiro atoms. The molecule has 0 radical (unpaired) electrons. The van der Waals surface area contributed by atoms with Gasteiger partial charge in [0.1, 0.15) is 6.04 Å². The molecule has 160 valence electrons. The summed E-state index contributed by atoms with van der Waals surface area (Å²) >= 11 is 0. The van der Waals surface area contributed by atoms with Gasteiger partial charge in [-0.3, -0.25) is 9.10 Å². The van der Waals surface area contributed by atoms with Crippen LogP contribution in [0.3, 0.4) is 0 Å². The average molecular weight is 431 g/mol. The Kier molecular flexibility index (Phi) is 6.45. The Balaban J connectivity index is 1.85. The minimum absolute atomic E-state index is 0.0327. The van der Waals surface area contributed by atoms with Crippen LogP contribution in [-0.4, -0.2) is 40.0 Å². The van der Waals surface area contributed by atoms with E-state index in [-0.39, 0.29) is 16.4 Å². The maximum atomic E-state index is 13.2. The van der Waals surface area contributed by atoms with Crippen molar-refractivity contribution < 1.29 is 22.7 Å². The van der Waals surface area contributed by atoms with Crippen LogP contribution < -0.4 is 9.62 Å². The van der Waals surface area contributed by atoms with Crippen LogP contribution in [0.5, 0.6) is 0 Å². The number of methoxy groups -OCH3 is 1. The van der Waals surface area contributed by atoms with E-state index in [2.05, 4.69) is 5.32 Å². The predicted octanol–water partition coefficient (Wildman–Crippen LogP) is 2.76. The van der Waals surface area contributed by atoms with Crippen molar-refractivity contribution in [2.45, 2.75) is 37.6 Å². The van der Waals surface area contributed by atoms with Crippen molar-refractivity contribution >= 4 is 27.6 Å². The third-order valence-electron chi connectivity index (χ3n) is 5.03. The molecular weight excluding hydrogens is 404 g/mol. The number of fused-ring (bicyclic) bond motifs is 1. The van der Waals surface area contributed by atoms with Gasteiger partial charge in [-0.1, -0.05) is 38.1 Å². The normalized spacial score (nSPS) is 14.3. The number of nitrogens with zero attached hydrogens (tertiary/aromatic N) is 1. The fourth-order valence-corrected chi connectivity index (χ4v) is 5.10. The lowest BCUT2D eigenvalue weighted by molar-refractivity contribution is -0.143. The molecule has 0 saturated carbocycles. The number of anilines is 1. The Morgan fingerprint density at radius 3 is 2.57 bits per heavy atom. The van der Waals surface area contributed by atoms with Gasteiger partial charge in [-0.25, -0.2) is 13.2 Å². The molecule has 0 saturated heterocycles. The molecule has 2 aromatic carbocycles. The molecule has 1 aliphatic heterocycles. The Bertz CT molecular complexity index is 1050. The summed E-state index contributed by atoms with van der Waals surface area (Å²) in [6.45, 7) is 4.23. The highest BCUT2D eigenvalue weighted by molar-refractivity contribution is 7.92. The lowest BCUT2D eigenvalue weighted by atomic mass is 10.0. The number of amides is 1. The van der Waals surface area contributed by atoms with Crippen molar-refractivity contribution in [3.05, 3.63) is 59.7 Å². The maximum Gasteiger partial charge on any atom is 0.328 e. The maximum absolute atomic E-state index is 13.2. The summed E-state index contributed by atoms with van der Waals surface area (Å²) in [5.74, 6) is -0.893. The molecule has 1 N–H and O–H groups in total. The van der Waals surface area contributed by atoms with Crippen LogP contribution in [0.1, 0.15) is 36.2 Å². The van der Waals surface area contributed by atoms with Gasteiger partial charge in [0, 0.05) is 12.1 Å². The summed E-state index contributed by atoms with van der Waals surface area (Å²) in [5.41, 5.74) is 1.81. The van der Waals surface area contributed by atoms with E-state index < -0.39 is 27.9 Å². The third kappa shape index (κ3) is 4.48. The molecule has 0 bridgehead atoms. The number of benzene rings is 2. The second-order valence-corrected chi connectivity index (χ2v) is 9.52. The van der Waals surface area contributed by atoms with E-state index in [1.165, 1.54) is 35.7 Å². The number of hydrogen-bond acceptors (Lipinski definition) is 5. The van der Waals surface area contributed by atoms with Crippen LogP contribution in [0.4, 0.5) is 5.69 Å². The van der Waals surface area contributed by atoms with Gasteiger partial charge >= 0.3 is 5.97 Å².